The van der Waals surface area contributed by atoms with Crippen LogP contribution in [0.3, 0.4) is 0 Å². The van der Waals surface area contributed by atoms with Gasteiger partial charge in [0.2, 0.25) is 15.9 Å². The number of carbonyl (C=O) groups is 2. The number of carbonyl (C=O) groups excluding carboxylic acids is 2. The summed E-state index contributed by atoms with van der Waals surface area (Å²) in [5.74, 6) is -1.08. The fraction of sp³-hybridized carbons (Fsp3) is 0.263. The zero-order valence-corrected chi connectivity index (χ0v) is 16.3. The van der Waals surface area contributed by atoms with Crippen molar-refractivity contribution in [3.63, 3.8) is 0 Å². The maximum atomic E-state index is 12.9. The van der Waals surface area contributed by atoms with E-state index in [-0.39, 0.29) is 16.0 Å². The fourth-order valence-electron chi connectivity index (χ4n) is 2.93. The fourth-order valence-corrected chi connectivity index (χ4v) is 4.40. The molecule has 28 heavy (non-hydrogen) atoms. The summed E-state index contributed by atoms with van der Waals surface area (Å²) in [6.45, 7) is 2.15. The van der Waals surface area contributed by atoms with E-state index in [0.717, 1.165) is 0 Å². The molecule has 8 nitrogen and oxygen atoms in total. The van der Waals surface area contributed by atoms with Crippen molar-refractivity contribution < 1.29 is 18.0 Å². The predicted octanol–water partition coefficient (Wildman–Crippen LogP) is 0.974. The Hall–Kier alpha value is -2.75. The molecule has 0 atom stereocenters. The number of primary amides is 1. The summed E-state index contributed by atoms with van der Waals surface area (Å²) in [4.78, 5) is 26.0. The highest BCUT2D eigenvalue weighted by Crippen LogP contribution is 2.20. The number of nitrogens with two attached hydrogens (primary N) is 1. The Kier molecular flexibility index (Phi) is 5.78. The number of anilines is 1. The molecule has 0 unspecified atom stereocenters. The van der Waals surface area contributed by atoms with Crippen molar-refractivity contribution in [2.45, 2.75) is 4.90 Å². The van der Waals surface area contributed by atoms with E-state index < -0.39 is 21.8 Å². The summed E-state index contributed by atoms with van der Waals surface area (Å²) >= 11 is 0. The molecular formula is C19H22N4O4S. The molecular weight excluding hydrogens is 380 g/mol. The molecule has 9 heteroatoms. The summed E-state index contributed by atoms with van der Waals surface area (Å²) < 4.78 is 27.2. The van der Waals surface area contributed by atoms with E-state index in [0.29, 0.717) is 31.9 Å². The van der Waals surface area contributed by atoms with Crippen molar-refractivity contribution >= 4 is 27.5 Å². The van der Waals surface area contributed by atoms with Gasteiger partial charge in [0, 0.05) is 43.0 Å². The number of benzene rings is 2. The Bertz CT molecular complexity index is 998. The van der Waals surface area contributed by atoms with Crippen molar-refractivity contribution in [3.8, 4) is 0 Å². The average molecular weight is 402 g/mol. The van der Waals surface area contributed by atoms with E-state index >= 15 is 0 Å². The van der Waals surface area contributed by atoms with Gasteiger partial charge in [0.25, 0.3) is 5.91 Å². The largest absolute Gasteiger partial charge is 0.366 e. The Labute approximate surface area is 164 Å². The molecule has 0 bridgehead atoms. The van der Waals surface area contributed by atoms with Gasteiger partial charge < -0.3 is 16.0 Å². The molecule has 0 radical (unpaired) electrons. The van der Waals surface area contributed by atoms with Crippen LogP contribution in [0.25, 0.3) is 0 Å². The molecule has 1 aliphatic heterocycles. The van der Waals surface area contributed by atoms with E-state index in [2.05, 4.69) is 10.2 Å². The van der Waals surface area contributed by atoms with Gasteiger partial charge in [-0.2, -0.15) is 4.31 Å². The van der Waals surface area contributed by atoms with Gasteiger partial charge in [0.05, 0.1) is 4.90 Å². The smallest absolute Gasteiger partial charge is 0.255 e. The summed E-state index contributed by atoms with van der Waals surface area (Å²) in [5, 5.41) is 2.66. The van der Waals surface area contributed by atoms with Crippen LogP contribution >= 0.6 is 0 Å². The lowest BCUT2D eigenvalue weighted by molar-refractivity contribution is 0.0996. The highest BCUT2D eigenvalue weighted by molar-refractivity contribution is 7.89. The second kappa shape index (κ2) is 8.09. The van der Waals surface area contributed by atoms with Gasteiger partial charge in [-0.25, -0.2) is 8.42 Å². The molecule has 1 fully saturated rings. The van der Waals surface area contributed by atoms with Crippen molar-refractivity contribution in [1.82, 2.24) is 9.21 Å². The maximum Gasteiger partial charge on any atom is 0.255 e. The number of amides is 2. The van der Waals surface area contributed by atoms with Crippen LogP contribution in [0, 0.1) is 0 Å². The Morgan fingerprint density at radius 3 is 2.29 bits per heavy atom. The van der Waals surface area contributed by atoms with Gasteiger partial charge in [0.1, 0.15) is 0 Å². The average Bonchev–Trinajstić information content (AvgIpc) is 2.68. The van der Waals surface area contributed by atoms with Gasteiger partial charge in [-0.1, -0.05) is 12.1 Å². The van der Waals surface area contributed by atoms with Crippen molar-refractivity contribution in [3.05, 3.63) is 59.7 Å². The van der Waals surface area contributed by atoms with Gasteiger partial charge in [-0.3, -0.25) is 9.59 Å². The van der Waals surface area contributed by atoms with Crippen LogP contribution in [-0.2, 0) is 10.0 Å². The molecule has 1 heterocycles. The van der Waals surface area contributed by atoms with E-state index in [1.165, 1.54) is 34.6 Å². The first-order valence-electron chi connectivity index (χ1n) is 8.77. The van der Waals surface area contributed by atoms with Crippen LogP contribution in [0.15, 0.2) is 53.4 Å². The molecule has 0 spiro atoms. The zero-order valence-electron chi connectivity index (χ0n) is 15.5. The molecule has 0 aliphatic carbocycles. The highest BCUT2D eigenvalue weighted by Gasteiger charge is 2.27. The van der Waals surface area contributed by atoms with Crippen LogP contribution in [0.1, 0.15) is 20.7 Å². The number of rotatable bonds is 5. The number of piperazine rings is 1. The third-order valence-electron chi connectivity index (χ3n) is 4.60. The SMILES string of the molecule is CN1CCN(S(=O)(=O)c2cccc(C(=O)Nc3cccc(C(N)=O)c3)c2)CC1. The van der Waals surface area contributed by atoms with Gasteiger partial charge >= 0.3 is 0 Å². The Morgan fingerprint density at radius 1 is 0.964 bits per heavy atom. The second-order valence-electron chi connectivity index (χ2n) is 6.63. The lowest BCUT2D eigenvalue weighted by atomic mass is 10.1. The number of sulfonamides is 1. The highest BCUT2D eigenvalue weighted by atomic mass is 32.2. The minimum atomic E-state index is -3.67. The first kappa shape index (κ1) is 20.0. The lowest BCUT2D eigenvalue weighted by Gasteiger charge is -2.31. The van der Waals surface area contributed by atoms with E-state index in [4.69, 9.17) is 5.73 Å². The lowest BCUT2D eigenvalue weighted by Crippen LogP contribution is -2.47. The molecule has 3 rings (SSSR count). The molecule has 148 valence electrons. The molecule has 0 saturated carbocycles. The second-order valence-corrected chi connectivity index (χ2v) is 8.57. The molecule has 0 aromatic heterocycles. The number of nitrogens with zero attached hydrogens (tertiary/aromatic N) is 2. The van der Waals surface area contributed by atoms with Crippen molar-refractivity contribution in [2.75, 3.05) is 38.5 Å². The maximum absolute atomic E-state index is 12.9. The molecule has 2 aromatic rings. The molecule has 2 aromatic carbocycles. The molecule has 1 aliphatic rings. The summed E-state index contributed by atoms with van der Waals surface area (Å²) in [6.07, 6.45) is 0. The Balaban J connectivity index is 1.80. The topological polar surface area (TPSA) is 113 Å². The molecule has 1 saturated heterocycles. The van der Waals surface area contributed by atoms with Crippen molar-refractivity contribution in [2.24, 2.45) is 5.73 Å². The van der Waals surface area contributed by atoms with Gasteiger partial charge in [0.15, 0.2) is 0 Å². The third kappa shape index (κ3) is 4.38. The minimum Gasteiger partial charge on any atom is -0.366 e. The van der Waals surface area contributed by atoms with E-state index in [1.54, 1.807) is 18.2 Å². The normalized spacial score (nSPS) is 15.9. The zero-order chi connectivity index (χ0) is 20.3. The number of hydrogen-bond donors (Lipinski definition) is 2. The minimum absolute atomic E-state index is 0.0792. The van der Waals surface area contributed by atoms with Crippen LogP contribution < -0.4 is 11.1 Å². The standard InChI is InChI=1S/C19H22N4O4S/c1-22-8-10-23(11-9-22)28(26,27)17-7-3-5-15(13-17)19(25)21-16-6-2-4-14(12-16)18(20)24/h2-7,12-13H,8-11H2,1H3,(H2,20,24)(H,21,25). The summed E-state index contributed by atoms with van der Waals surface area (Å²) in [7, 11) is -1.72. The molecule has 2 amide bonds. The van der Waals surface area contributed by atoms with E-state index in [9.17, 15) is 18.0 Å². The van der Waals surface area contributed by atoms with Crippen molar-refractivity contribution in [1.29, 1.82) is 0 Å². The summed E-state index contributed by atoms with van der Waals surface area (Å²) in [5.41, 5.74) is 6.12. The molecule has 3 N–H and O–H groups in total. The van der Waals surface area contributed by atoms with E-state index in [1.807, 2.05) is 7.05 Å². The first-order valence-corrected chi connectivity index (χ1v) is 10.2. The monoisotopic (exact) mass is 402 g/mol. The predicted molar refractivity (Wildman–Crippen MR) is 106 cm³/mol. The van der Waals surface area contributed by atoms with Gasteiger partial charge in [-0.05, 0) is 43.4 Å². The van der Waals surface area contributed by atoms with Crippen LogP contribution in [-0.4, -0.2) is 62.7 Å². The van der Waals surface area contributed by atoms with Crippen LogP contribution in [0.4, 0.5) is 5.69 Å². The number of likely N-dealkylation sites (N-methyl/N-ethyl adjacent to an activating group) is 1. The number of hydrogen-bond acceptors (Lipinski definition) is 5. The van der Waals surface area contributed by atoms with Crippen LogP contribution in [0.5, 0.6) is 0 Å². The Morgan fingerprint density at radius 2 is 1.61 bits per heavy atom. The number of nitrogens with one attached hydrogen (secondary N) is 1. The van der Waals surface area contributed by atoms with Gasteiger partial charge in [-0.15, -0.1) is 0 Å². The quantitative estimate of drug-likeness (QED) is 0.774. The van der Waals surface area contributed by atoms with Crippen LogP contribution in [0.2, 0.25) is 0 Å². The summed E-state index contributed by atoms with van der Waals surface area (Å²) in [6, 6.07) is 12.2. The first-order chi connectivity index (χ1) is 13.3. The third-order valence-corrected chi connectivity index (χ3v) is 6.50.